The number of rotatable bonds is 5. The summed E-state index contributed by atoms with van der Waals surface area (Å²) in [6.45, 7) is 9.53. The molecule has 0 aromatic heterocycles. The van der Waals surface area contributed by atoms with Crippen molar-refractivity contribution in [2.45, 2.75) is 45.3 Å². The van der Waals surface area contributed by atoms with E-state index in [2.05, 4.69) is 10.6 Å². The van der Waals surface area contributed by atoms with Crippen LogP contribution in [0.15, 0.2) is 24.3 Å². The van der Waals surface area contributed by atoms with Gasteiger partial charge in [0.1, 0.15) is 6.04 Å². The number of urea groups is 1. The smallest absolute Gasteiger partial charge is 0.327 e. The summed E-state index contributed by atoms with van der Waals surface area (Å²) in [5, 5.41) is 5.61. The molecule has 9 heteroatoms. The van der Waals surface area contributed by atoms with Crippen molar-refractivity contribution in [3.8, 4) is 0 Å². The molecule has 0 aliphatic carbocycles. The molecular weight excluding hydrogens is 408 g/mol. The molecule has 0 radical (unpaired) electrons. The number of benzene rings is 1. The van der Waals surface area contributed by atoms with Gasteiger partial charge in [0.15, 0.2) is 0 Å². The van der Waals surface area contributed by atoms with Gasteiger partial charge in [0, 0.05) is 36.7 Å². The van der Waals surface area contributed by atoms with Crippen LogP contribution in [0.2, 0.25) is 5.02 Å². The van der Waals surface area contributed by atoms with Gasteiger partial charge in [-0.15, -0.1) is 0 Å². The number of hydrogen-bond donors (Lipinski definition) is 2. The molecule has 3 amide bonds. The highest BCUT2D eigenvalue weighted by Crippen LogP contribution is 2.29. The number of nitrogens with zero attached hydrogens (tertiary/aromatic N) is 2. The largest absolute Gasteiger partial charge is 0.468 e. The highest BCUT2D eigenvalue weighted by atomic mass is 35.5. The number of hydrogen-bond acceptors (Lipinski definition) is 6. The second-order valence-electron chi connectivity index (χ2n) is 8.39. The molecule has 1 aromatic rings. The van der Waals surface area contributed by atoms with E-state index in [1.54, 1.807) is 13.0 Å². The summed E-state index contributed by atoms with van der Waals surface area (Å²) in [7, 11) is 1.36. The number of imide groups is 1. The minimum Gasteiger partial charge on any atom is -0.468 e. The van der Waals surface area contributed by atoms with Crippen LogP contribution < -0.4 is 10.6 Å². The number of piperazine rings is 1. The van der Waals surface area contributed by atoms with E-state index >= 15 is 0 Å². The summed E-state index contributed by atoms with van der Waals surface area (Å²) in [6, 6.07) is 5.62. The van der Waals surface area contributed by atoms with E-state index in [0.717, 1.165) is 0 Å². The zero-order valence-electron chi connectivity index (χ0n) is 18.2. The molecule has 1 aliphatic rings. The Labute approximate surface area is 182 Å². The molecule has 2 atom stereocenters. The van der Waals surface area contributed by atoms with Gasteiger partial charge >= 0.3 is 12.0 Å². The molecule has 1 aromatic carbocycles. The monoisotopic (exact) mass is 438 g/mol. The van der Waals surface area contributed by atoms with Gasteiger partial charge in [-0.25, -0.2) is 9.59 Å². The number of carbonyl (C=O) groups excluding carboxylic acids is 3. The van der Waals surface area contributed by atoms with E-state index < -0.39 is 23.7 Å². The third kappa shape index (κ3) is 6.42. The second-order valence-corrected chi connectivity index (χ2v) is 8.80. The maximum absolute atomic E-state index is 12.5. The Balaban J connectivity index is 2.00. The van der Waals surface area contributed by atoms with E-state index in [0.29, 0.717) is 36.8 Å². The summed E-state index contributed by atoms with van der Waals surface area (Å²) in [5.41, 5.74) is 0.269. The van der Waals surface area contributed by atoms with Crippen LogP contribution in [0.25, 0.3) is 0 Å². The van der Waals surface area contributed by atoms with Crippen molar-refractivity contribution < 1.29 is 19.1 Å². The number of halogens is 1. The third-order valence-corrected chi connectivity index (χ3v) is 5.33. The lowest BCUT2D eigenvalue weighted by Crippen LogP contribution is -2.57. The summed E-state index contributed by atoms with van der Waals surface area (Å²) in [6.07, 6.45) is 0. The first-order chi connectivity index (χ1) is 14.0. The molecule has 1 heterocycles. The fourth-order valence-corrected chi connectivity index (χ4v) is 3.66. The van der Waals surface area contributed by atoms with Crippen molar-refractivity contribution in [3.05, 3.63) is 34.9 Å². The van der Waals surface area contributed by atoms with Crippen LogP contribution in [-0.4, -0.2) is 72.6 Å². The Morgan fingerprint density at radius 1 is 1.07 bits per heavy atom. The SMILES string of the molecule is COC(=O)[C@@H](c1ccccc1Cl)N1CCN([C@@H](C)C(=O)NC(=O)NC(C)(C)C)CC1. The molecule has 0 unspecified atom stereocenters. The quantitative estimate of drug-likeness (QED) is 0.685. The maximum Gasteiger partial charge on any atom is 0.327 e. The zero-order valence-corrected chi connectivity index (χ0v) is 19.0. The summed E-state index contributed by atoms with van der Waals surface area (Å²) in [5.74, 6) is -0.734. The molecule has 0 spiro atoms. The van der Waals surface area contributed by atoms with Crippen LogP contribution in [0.3, 0.4) is 0 Å². The molecule has 1 fully saturated rings. The molecule has 2 rings (SSSR count). The lowest BCUT2D eigenvalue weighted by molar-refractivity contribution is -0.148. The number of esters is 1. The molecule has 2 N–H and O–H groups in total. The van der Waals surface area contributed by atoms with Crippen LogP contribution in [-0.2, 0) is 14.3 Å². The van der Waals surface area contributed by atoms with E-state index in [1.165, 1.54) is 7.11 Å². The molecule has 166 valence electrons. The Morgan fingerprint density at radius 3 is 2.17 bits per heavy atom. The van der Waals surface area contributed by atoms with E-state index in [-0.39, 0.29) is 11.9 Å². The van der Waals surface area contributed by atoms with Crippen molar-refractivity contribution in [1.29, 1.82) is 0 Å². The zero-order chi connectivity index (χ0) is 22.5. The molecule has 1 saturated heterocycles. The molecule has 8 nitrogen and oxygen atoms in total. The Kier molecular flexibility index (Phi) is 8.23. The van der Waals surface area contributed by atoms with Crippen LogP contribution in [0.4, 0.5) is 4.79 Å². The van der Waals surface area contributed by atoms with Crippen molar-refractivity contribution in [2.24, 2.45) is 0 Å². The highest BCUT2D eigenvalue weighted by Gasteiger charge is 2.34. The Bertz CT molecular complexity index is 773. The average Bonchev–Trinajstić information content (AvgIpc) is 2.67. The second kappa shape index (κ2) is 10.2. The number of amides is 3. The van der Waals surface area contributed by atoms with Crippen LogP contribution in [0.5, 0.6) is 0 Å². The predicted octanol–water partition coefficient (Wildman–Crippen LogP) is 2.18. The first-order valence-corrected chi connectivity index (χ1v) is 10.3. The molecule has 1 aliphatic heterocycles. The van der Waals surface area contributed by atoms with Gasteiger partial charge in [0.25, 0.3) is 0 Å². The first-order valence-electron chi connectivity index (χ1n) is 9.97. The minimum atomic E-state index is -0.604. The van der Waals surface area contributed by atoms with Gasteiger partial charge in [-0.3, -0.25) is 19.9 Å². The van der Waals surface area contributed by atoms with Gasteiger partial charge in [0.2, 0.25) is 5.91 Å². The van der Waals surface area contributed by atoms with Gasteiger partial charge in [-0.1, -0.05) is 29.8 Å². The van der Waals surface area contributed by atoms with Crippen LogP contribution in [0.1, 0.15) is 39.3 Å². The molecular formula is C21H31ClN4O4. The highest BCUT2D eigenvalue weighted by molar-refractivity contribution is 6.31. The van der Waals surface area contributed by atoms with Crippen molar-refractivity contribution in [3.63, 3.8) is 0 Å². The van der Waals surface area contributed by atoms with Crippen molar-refractivity contribution in [2.75, 3.05) is 33.3 Å². The number of nitrogens with one attached hydrogen (secondary N) is 2. The van der Waals surface area contributed by atoms with Gasteiger partial charge in [-0.05, 0) is 39.3 Å². The molecule has 30 heavy (non-hydrogen) atoms. The fourth-order valence-electron chi connectivity index (χ4n) is 3.42. The van der Waals surface area contributed by atoms with Crippen molar-refractivity contribution >= 4 is 29.5 Å². The van der Waals surface area contributed by atoms with Gasteiger partial charge in [0.05, 0.1) is 13.2 Å². The van der Waals surface area contributed by atoms with Gasteiger partial charge in [-0.2, -0.15) is 0 Å². The number of ether oxygens (including phenoxy) is 1. The van der Waals surface area contributed by atoms with Crippen LogP contribution in [0, 0.1) is 0 Å². The standard InChI is InChI=1S/C21H31ClN4O4/c1-14(18(27)23-20(29)24-21(2,3)4)25-10-12-26(13-11-25)17(19(28)30-5)15-8-6-7-9-16(15)22/h6-9,14,17H,10-13H2,1-5H3,(H2,23,24,27,29)/t14-,17+/m0/s1. The van der Waals surface area contributed by atoms with Crippen LogP contribution >= 0.6 is 11.6 Å². The first kappa shape index (κ1) is 24.1. The predicted molar refractivity (Wildman–Crippen MR) is 115 cm³/mol. The van der Waals surface area contributed by atoms with E-state index in [4.69, 9.17) is 16.3 Å². The topological polar surface area (TPSA) is 91.0 Å². The third-order valence-electron chi connectivity index (χ3n) is 4.99. The maximum atomic E-state index is 12.5. The Hall–Kier alpha value is -2.16. The number of carbonyl (C=O) groups is 3. The van der Waals surface area contributed by atoms with E-state index in [9.17, 15) is 14.4 Å². The summed E-state index contributed by atoms with van der Waals surface area (Å²) >= 11 is 6.32. The minimum absolute atomic E-state index is 0.360. The lowest BCUT2D eigenvalue weighted by Gasteiger charge is -2.40. The van der Waals surface area contributed by atoms with Crippen molar-refractivity contribution in [1.82, 2.24) is 20.4 Å². The normalized spacial score (nSPS) is 17.7. The average molecular weight is 439 g/mol. The van der Waals surface area contributed by atoms with Gasteiger partial charge < -0.3 is 10.1 Å². The Morgan fingerprint density at radius 2 is 1.63 bits per heavy atom. The summed E-state index contributed by atoms with van der Waals surface area (Å²) < 4.78 is 5.01. The number of methoxy groups -OCH3 is 1. The lowest BCUT2D eigenvalue weighted by atomic mass is 10.0. The summed E-state index contributed by atoms with van der Waals surface area (Å²) in [4.78, 5) is 40.9. The molecule has 0 bridgehead atoms. The fraction of sp³-hybridized carbons (Fsp3) is 0.571. The van der Waals surface area contributed by atoms with E-state index in [1.807, 2.05) is 48.8 Å². The molecule has 0 saturated carbocycles.